The van der Waals surface area contributed by atoms with Crippen molar-refractivity contribution in [2.45, 2.75) is 40.0 Å². The summed E-state index contributed by atoms with van der Waals surface area (Å²) in [5.41, 5.74) is 1.44. The Morgan fingerprint density at radius 2 is 1.50 bits per heavy atom. The van der Waals surface area contributed by atoms with Crippen LogP contribution in [0.1, 0.15) is 39.2 Å². The van der Waals surface area contributed by atoms with E-state index in [0.717, 1.165) is 32.7 Å². The van der Waals surface area contributed by atoms with E-state index >= 15 is 0 Å². The molecule has 1 aliphatic rings. The molecule has 0 radical (unpaired) electrons. The first-order valence-electron chi connectivity index (χ1n) is 8.72. The first-order chi connectivity index (χ1) is 10.7. The van der Waals surface area contributed by atoms with Crippen molar-refractivity contribution in [3.05, 3.63) is 35.9 Å². The fourth-order valence-electron chi connectivity index (χ4n) is 2.70. The Morgan fingerprint density at radius 3 is 2.05 bits per heavy atom. The van der Waals surface area contributed by atoms with Crippen LogP contribution in [0.5, 0.6) is 0 Å². The van der Waals surface area contributed by atoms with Crippen molar-refractivity contribution in [2.24, 2.45) is 0 Å². The van der Waals surface area contributed by atoms with Crippen LogP contribution >= 0.6 is 0 Å². The standard InChI is InChI=1S/C17H26N2O.C2H6/c1-16(20)9-11-19-14-12-18(13-15-19)10-5-8-17-6-3-2-4-7-17;1-2/h2-4,6-7H,5,8-15H2,1H3;1-2H3. The topological polar surface area (TPSA) is 23.6 Å². The molecule has 1 saturated heterocycles. The number of nitrogens with zero attached hydrogens (tertiary/aromatic N) is 2. The van der Waals surface area contributed by atoms with E-state index in [0.29, 0.717) is 12.2 Å². The van der Waals surface area contributed by atoms with Gasteiger partial charge in [-0.15, -0.1) is 0 Å². The molecule has 1 fully saturated rings. The van der Waals surface area contributed by atoms with Gasteiger partial charge in [0.05, 0.1) is 0 Å². The lowest BCUT2D eigenvalue weighted by Gasteiger charge is -2.34. The van der Waals surface area contributed by atoms with Crippen LogP contribution < -0.4 is 0 Å². The van der Waals surface area contributed by atoms with Gasteiger partial charge in [-0.3, -0.25) is 4.79 Å². The van der Waals surface area contributed by atoms with Gasteiger partial charge in [-0.05, 0) is 31.9 Å². The maximum Gasteiger partial charge on any atom is 0.131 e. The van der Waals surface area contributed by atoms with Gasteiger partial charge in [-0.2, -0.15) is 0 Å². The summed E-state index contributed by atoms with van der Waals surface area (Å²) in [6.45, 7) is 12.3. The van der Waals surface area contributed by atoms with Crippen LogP contribution in [0.4, 0.5) is 0 Å². The molecule has 0 amide bonds. The highest BCUT2D eigenvalue weighted by atomic mass is 16.1. The molecular formula is C19H32N2O. The Morgan fingerprint density at radius 1 is 0.955 bits per heavy atom. The van der Waals surface area contributed by atoms with Crippen molar-refractivity contribution in [3.8, 4) is 0 Å². The number of carbonyl (C=O) groups excluding carboxylic acids is 1. The minimum Gasteiger partial charge on any atom is -0.301 e. The Hall–Kier alpha value is -1.19. The number of rotatable bonds is 7. The summed E-state index contributed by atoms with van der Waals surface area (Å²) in [6.07, 6.45) is 3.11. The zero-order valence-electron chi connectivity index (χ0n) is 14.6. The average molecular weight is 304 g/mol. The van der Waals surface area contributed by atoms with E-state index in [4.69, 9.17) is 0 Å². The van der Waals surface area contributed by atoms with Gasteiger partial charge in [0.15, 0.2) is 0 Å². The molecule has 1 aromatic carbocycles. The molecule has 22 heavy (non-hydrogen) atoms. The highest BCUT2D eigenvalue weighted by molar-refractivity contribution is 5.75. The fraction of sp³-hybridized carbons (Fsp3) is 0.632. The van der Waals surface area contributed by atoms with Gasteiger partial charge in [0.1, 0.15) is 5.78 Å². The molecule has 0 spiro atoms. The Labute approximate surface area is 136 Å². The van der Waals surface area contributed by atoms with Crippen LogP contribution in [0.3, 0.4) is 0 Å². The summed E-state index contributed by atoms with van der Waals surface area (Å²) in [4.78, 5) is 16.0. The minimum atomic E-state index is 0.301. The predicted molar refractivity (Wildman–Crippen MR) is 94.3 cm³/mol. The lowest BCUT2D eigenvalue weighted by molar-refractivity contribution is -0.117. The lowest BCUT2D eigenvalue weighted by Crippen LogP contribution is -2.47. The maximum absolute atomic E-state index is 11.0. The van der Waals surface area contributed by atoms with Crippen LogP contribution in [-0.4, -0.2) is 54.9 Å². The summed E-state index contributed by atoms with van der Waals surface area (Å²) < 4.78 is 0. The van der Waals surface area contributed by atoms with Crippen molar-refractivity contribution in [1.29, 1.82) is 0 Å². The molecule has 1 aliphatic heterocycles. The molecule has 0 aliphatic carbocycles. The van der Waals surface area contributed by atoms with Gasteiger partial charge in [0, 0.05) is 39.1 Å². The molecule has 0 unspecified atom stereocenters. The third-order valence-corrected chi connectivity index (χ3v) is 4.03. The van der Waals surface area contributed by atoms with Crippen LogP contribution in [0, 0.1) is 0 Å². The van der Waals surface area contributed by atoms with Crippen molar-refractivity contribution < 1.29 is 4.79 Å². The molecule has 0 N–H and O–H groups in total. The van der Waals surface area contributed by atoms with Crippen LogP contribution in [0.2, 0.25) is 0 Å². The molecule has 0 bridgehead atoms. The third kappa shape index (κ3) is 7.71. The molecular weight excluding hydrogens is 272 g/mol. The van der Waals surface area contributed by atoms with E-state index in [9.17, 15) is 4.79 Å². The number of carbonyl (C=O) groups is 1. The Bertz CT molecular complexity index is 397. The number of hydrogen-bond donors (Lipinski definition) is 0. The summed E-state index contributed by atoms with van der Waals surface area (Å²) in [7, 11) is 0. The molecule has 0 aromatic heterocycles. The second-order valence-electron chi connectivity index (χ2n) is 5.72. The molecule has 2 rings (SSSR count). The minimum absolute atomic E-state index is 0.301. The molecule has 0 saturated carbocycles. The van der Waals surface area contributed by atoms with Crippen molar-refractivity contribution in [2.75, 3.05) is 39.3 Å². The van der Waals surface area contributed by atoms with E-state index < -0.39 is 0 Å². The second-order valence-corrected chi connectivity index (χ2v) is 5.72. The van der Waals surface area contributed by atoms with Gasteiger partial charge in [0.2, 0.25) is 0 Å². The predicted octanol–water partition coefficient (Wildman–Crippen LogP) is 3.24. The number of aryl methyl sites for hydroxylation is 1. The third-order valence-electron chi connectivity index (χ3n) is 4.03. The van der Waals surface area contributed by atoms with Gasteiger partial charge in [0.25, 0.3) is 0 Å². The summed E-state index contributed by atoms with van der Waals surface area (Å²) >= 11 is 0. The van der Waals surface area contributed by atoms with Crippen molar-refractivity contribution >= 4 is 5.78 Å². The molecule has 124 valence electrons. The van der Waals surface area contributed by atoms with Gasteiger partial charge < -0.3 is 9.80 Å². The van der Waals surface area contributed by atoms with E-state index in [-0.39, 0.29) is 0 Å². The number of piperazine rings is 1. The SMILES string of the molecule is CC.CC(=O)CCN1CCN(CCCc2ccccc2)CC1. The van der Waals surface area contributed by atoms with E-state index in [1.54, 1.807) is 6.92 Å². The number of benzene rings is 1. The Balaban J connectivity index is 0.00000116. The normalized spacial score (nSPS) is 16.0. The van der Waals surface area contributed by atoms with E-state index in [1.165, 1.54) is 24.9 Å². The monoisotopic (exact) mass is 304 g/mol. The number of ketones is 1. The Kier molecular flexibility index (Phi) is 9.76. The van der Waals surface area contributed by atoms with Crippen molar-refractivity contribution in [3.63, 3.8) is 0 Å². The first kappa shape index (κ1) is 18.9. The smallest absolute Gasteiger partial charge is 0.131 e. The summed E-state index contributed by atoms with van der Waals surface area (Å²) in [5.74, 6) is 0.301. The summed E-state index contributed by atoms with van der Waals surface area (Å²) in [5, 5.41) is 0. The highest BCUT2D eigenvalue weighted by Gasteiger charge is 2.16. The quantitative estimate of drug-likeness (QED) is 0.772. The summed E-state index contributed by atoms with van der Waals surface area (Å²) in [6, 6.07) is 10.7. The lowest BCUT2D eigenvalue weighted by atomic mass is 10.1. The second kappa shape index (κ2) is 11.4. The highest BCUT2D eigenvalue weighted by Crippen LogP contribution is 2.07. The molecule has 3 heteroatoms. The van der Waals surface area contributed by atoms with Crippen molar-refractivity contribution in [1.82, 2.24) is 9.80 Å². The number of hydrogen-bond acceptors (Lipinski definition) is 3. The van der Waals surface area contributed by atoms with Gasteiger partial charge in [-0.25, -0.2) is 0 Å². The van der Waals surface area contributed by atoms with Crippen LogP contribution in [0.25, 0.3) is 0 Å². The zero-order chi connectivity index (χ0) is 16.2. The van der Waals surface area contributed by atoms with E-state index in [1.807, 2.05) is 13.8 Å². The zero-order valence-corrected chi connectivity index (χ0v) is 14.6. The molecule has 1 aromatic rings. The number of Topliss-reactive ketones (excluding diaryl/α,β-unsaturated/α-hetero) is 1. The largest absolute Gasteiger partial charge is 0.301 e. The van der Waals surface area contributed by atoms with Gasteiger partial charge >= 0.3 is 0 Å². The fourth-order valence-corrected chi connectivity index (χ4v) is 2.70. The molecule has 1 heterocycles. The first-order valence-corrected chi connectivity index (χ1v) is 8.72. The van der Waals surface area contributed by atoms with Gasteiger partial charge in [-0.1, -0.05) is 44.2 Å². The molecule has 0 atom stereocenters. The van der Waals surface area contributed by atoms with Crippen LogP contribution in [-0.2, 0) is 11.2 Å². The maximum atomic E-state index is 11.0. The van der Waals surface area contributed by atoms with E-state index in [2.05, 4.69) is 40.1 Å². The molecule has 3 nitrogen and oxygen atoms in total. The van der Waals surface area contributed by atoms with Crippen LogP contribution in [0.15, 0.2) is 30.3 Å². The average Bonchev–Trinajstić information content (AvgIpc) is 2.57.